The monoisotopic (exact) mass is 275 g/mol. The summed E-state index contributed by atoms with van der Waals surface area (Å²) in [6, 6.07) is 16.5. The number of nitrogens with zero attached hydrogens (tertiary/aromatic N) is 1. The number of hydrogen-bond donors (Lipinski definition) is 1. The topological polar surface area (TPSA) is 44.0 Å². The lowest BCUT2D eigenvalue weighted by molar-refractivity contribution is 0.199. The third-order valence-electron chi connectivity index (χ3n) is 4.08. The fourth-order valence-corrected chi connectivity index (χ4v) is 2.98. The summed E-state index contributed by atoms with van der Waals surface area (Å²) < 4.78 is 0. The van der Waals surface area contributed by atoms with Gasteiger partial charge in [-0.15, -0.1) is 0 Å². The minimum absolute atomic E-state index is 0.468. The van der Waals surface area contributed by atoms with Crippen molar-refractivity contribution in [1.82, 2.24) is 0 Å². The molecule has 2 heteroatoms. The van der Waals surface area contributed by atoms with E-state index in [1.54, 1.807) is 13.0 Å². The average molecular weight is 275 g/mol. The first kappa shape index (κ1) is 13.6. The second kappa shape index (κ2) is 5.55. The molecule has 0 heterocycles. The predicted molar refractivity (Wildman–Crippen MR) is 83.6 cm³/mol. The minimum atomic E-state index is -0.468. The number of rotatable bonds is 1. The first-order chi connectivity index (χ1) is 10.2. The van der Waals surface area contributed by atoms with Crippen LogP contribution in [0.2, 0.25) is 0 Å². The first-order valence-corrected chi connectivity index (χ1v) is 7.20. The highest BCUT2D eigenvalue weighted by atomic mass is 16.3. The van der Waals surface area contributed by atoms with E-state index in [1.807, 2.05) is 24.3 Å². The van der Waals surface area contributed by atoms with Gasteiger partial charge in [-0.2, -0.15) is 5.26 Å². The maximum atomic E-state index is 9.77. The zero-order valence-electron chi connectivity index (χ0n) is 12.0. The van der Waals surface area contributed by atoms with Gasteiger partial charge in [-0.25, -0.2) is 0 Å². The largest absolute Gasteiger partial charge is 0.389 e. The molecule has 1 aliphatic carbocycles. The molecule has 0 saturated carbocycles. The Labute approximate surface area is 125 Å². The number of nitriles is 1. The summed E-state index contributed by atoms with van der Waals surface area (Å²) in [6.07, 6.45) is 3.04. The molecule has 21 heavy (non-hydrogen) atoms. The lowest BCUT2D eigenvalue weighted by Gasteiger charge is -2.13. The maximum Gasteiger partial charge on any atom is 0.0918 e. The molecule has 0 amide bonds. The Balaban J connectivity index is 2.21. The predicted octanol–water partition coefficient (Wildman–Crippen LogP) is 3.79. The van der Waals surface area contributed by atoms with Crippen LogP contribution in [0, 0.1) is 11.3 Å². The van der Waals surface area contributed by atoms with Crippen LogP contribution in [0.15, 0.2) is 48.5 Å². The molecule has 1 N–H and O–H groups in total. The molecule has 0 aliphatic heterocycles. The lowest BCUT2D eigenvalue weighted by atomic mass is 9.92. The third-order valence-corrected chi connectivity index (χ3v) is 4.08. The van der Waals surface area contributed by atoms with Crippen LogP contribution in [0.3, 0.4) is 0 Å². The van der Waals surface area contributed by atoms with E-state index >= 15 is 0 Å². The van der Waals surface area contributed by atoms with Crippen LogP contribution in [0.5, 0.6) is 0 Å². The van der Waals surface area contributed by atoms with Crippen molar-refractivity contribution in [3.63, 3.8) is 0 Å². The van der Waals surface area contributed by atoms with Crippen molar-refractivity contribution >= 4 is 5.57 Å². The van der Waals surface area contributed by atoms with Gasteiger partial charge >= 0.3 is 0 Å². The van der Waals surface area contributed by atoms with Gasteiger partial charge in [0.1, 0.15) is 0 Å². The van der Waals surface area contributed by atoms with Gasteiger partial charge in [-0.05, 0) is 53.2 Å². The standard InChI is InChI=1S/C19H17NO/c1-13(21)15-8-9-18-16(12-15)7-6-14-4-2-3-5-17(14)19(18)10-11-20/h2-5,8-10,12-13,21H,6-7H2,1H3/b19-10+. The van der Waals surface area contributed by atoms with Crippen molar-refractivity contribution in [2.75, 3.05) is 0 Å². The Morgan fingerprint density at radius 1 is 1.10 bits per heavy atom. The summed E-state index contributed by atoms with van der Waals surface area (Å²) in [7, 11) is 0. The fourth-order valence-electron chi connectivity index (χ4n) is 2.98. The van der Waals surface area contributed by atoms with Crippen LogP contribution in [0.25, 0.3) is 5.57 Å². The molecule has 1 unspecified atom stereocenters. The van der Waals surface area contributed by atoms with E-state index in [-0.39, 0.29) is 0 Å². The smallest absolute Gasteiger partial charge is 0.0918 e. The normalized spacial score (nSPS) is 16.5. The molecule has 0 spiro atoms. The molecule has 104 valence electrons. The van der Waals surface area contributed by atoms with Gasteiger partial charge in [0.2, 0.25) is 0 Å². The van der Waals surface area contributed by atoms with E-state index in [4.69, 9.17) is 5.26 Å². The maximum absolute atomic E-state index is 9.77. The summed E-state index contributed by atoms with van der Waals surface area (Å²) in [5, 5.41) is 18.9. The highest BCUT2D eigenvalue weighted by Crippen LogP contribution is 2.34. The number of aliphatic hydroxyl groups excluding tert-OH is 1. The van der Waals surface area contributed by atoms with Gasteiger partial charge in [0.25, 0.3) is 0 Å². The van der Waals surface area contributed by atoms with E-state index in [2.05, 4.69) is 24.3 Å². The van der Waals surface area contributed by atoms with Gasteiger partial charge < -0.3 is 5.11 Å². The molecule has 0 bridgehead atoms. The third kappa shape index (κ3) is 2.49. The molecule has 2 aromatic rings. The van der Waals surface area contributed by atoms with E-state index in [9.17, 15) is 5.11 Å². The summed E-state index contributed by atoms with van der Waals surface area (Å²) in [5.74, 6) is 0. The Morgan fingerprint density at radius 2 is 1.81 bits per heavy atom. The molecule has 3 rings (SSSR count). The van der Waals surface area contributed by atoms with Crippen LogP contribution in [0.1, 0.15) is 40.8 Å². The number of fused-ring (bicyclic) bond motifs is 2. The first-order valence-electron chi connectivity index (χ1n) is 7.20. The second-order valence-electron chi connectivity index (χ2n) is 5.44. The van der Waals surface area contributed by atoms with Crippen LogP contribution in [-0.2, 0) is 12.8 Å². The van der Waals surface area contributed by atoms with Gasteiger partial charge in [0.15, 0.2) is 0 Å². The summed E-state index contributed by atoms with van der Waals surface area (Å²) in [4.78, 5) is 0. The van der Waals surface area contributed by atoms with Crippen LogP contribution < -0.4 is 0 Å². The number of aliphatic hydroxyl groups is 1. The van der Waals surface area contributed by atoms with Gasteiger partial charge in [0.05, 0.1) is 12.2 Å². The van der Waals surface area contributed by atoms with Crippen molar-refractivity contribution in [3.05, 3.63) is 76.4 Å². The van der Waals surface area contributed by atoms with E-state index in [0.29, 0.717) is 0 Å². The molecule has 2 aromatic carbocycles. The van der Waals surface area contributed by atoms with Crippen molar-refractivity contribution in [2.24, 2.45) is 0 Å². The van der Waals surface area contributed by atoms with E-state index in [0.717, 1.165) is 35.1 Å². The van der Waals surface area contributed by atoms with Crippen LogP contribution in [0.4, 0.5) is 0 Å². The molecule has 0 saturated heterocycles. The number of hydrogen-bond acceptors (Lipinski definition) is 2. The molecular formula is C19H17NO. The number of benzene rings is 2. The Hall–Kier alpha value is -2.37. The van der Waals surface area contributed by atoms with Crippen molar-refractivity contribution in [1.29, 1.82) is 5.26 Å². The van der Waals surface area contributed by atoms with Crippen molar-refractivity contribution in [3.8, 4) is 6.07 Å². The second-order valence-corrected chi connectivity index (χ2v) is 5.44. The van der Waals surface area contributed by atoms with Gasteiger partial charge in [-0.1, -0.05) is 42.5 Å². The van der Waals surface area contributed by atoms with Crippen LogP contribution >= 0.6 is 0 Å². The molecular weight excluding hydrogens is 258 g/mol. The summed E-state index contributed by atoms with van der Waals surface area (Å²) >= 11 is 0. The SMILES string of the molecule is CC(O)c1ccc2c(c1)CCc1ccccc1/C2=C\C#N. The molecule has 1 atom stereocenters. The molecule has 0 aromatic heterocycles. The molecule has 1 aliphatic rings. The van der Waals surface area contributed by atoms with Crippen molar-refractivity contribution in [2.45, 2.75) is 25.9 Å². The molecule has 2 nitrogen and oxygen atoms in total. The van der Waals surface area contributed by atoms with E-state index in [1.165, 1.54) is 11.1 Å². The quantitative estimate of drug-likeness (QED) is 0.805. The van der Waals surface area contributed by atoms with Crippen molar-refractivity contribution < 1.29 is 5.11 Å². The summed E-state index contributed by atoms with van der Waals surface area (Å²) in [6.45, 7) is 1.78. The lowest BCUT2D eigenvalue weighted by Crippen LogP contribution is -1.97. The van der Waals surface area contributed by atoms with E-state index < -0.39 is 6.10 Å². The average Bonchev–Trinajstić information content (AvgIpc) is 2.65. The van der Waals surface area contributed by atoms with Gasteiger partial charge in [-0.3, -0.25) is 0 Å². The summed E-state index contributed by atoms with van der Waals surface area (Å²) in [5.41, 5.74) is 6.63. The highest BCUT2D eigenvalue weighted by molar-refractivity contribution is 5.85. The molecule has 0 radical (unpaired) electrons. The minimum Gasteiger partial charge on any atom is -0.389 e. The van der Waals surface area contributed by atoms with Crippen LogP contribution in [-0.4, -0.2) is 5.11 Å². The Morgan fingerprint density at radius 3 is 2.57 bits per heavy atom. The zero-order chi connectivity index (χ0) is 14.8. The number of aryl methyl sites for hydroxylation is 2. The Kier molecular flexibility index (Phi) is 3.60. The zero-order valence-corrected chi connectivity index (χ0v) is 12.0. The Bertz CT molecular complexity index is 750. The number of allylic oxidation sites excluding steroid dienone is 1. The highest BCUT2D eigenvalue weighted by Gasteiger charge is 2.18. The molecule has 0 fully saturated rings. The fraction of sp³-hybridized carbons (Fsp3) is 0.211. The van der Waals surface area contributed by atoms with Gasteiger partial charge in [0, 0.05) is 6.08 Å².